The van der Waals surface area contributed by atoms with E-state index < -0.39 is 29.7 Å². The minimum atomic E-state index is -5.02. The molecule has 0 aliphatic heterocycles. The highest BCUT2D eigenvalue weighted by atomic mass is 19.4. The predicted octanol–water partition coefficient (Wildman–Crippen LogP) is 2.30. The lowest BCUT2D eigenvalue weighted by atomic mass is 10.3. The summed E-state index contributed by atoms with van der Waals surface area (Å²) < 4.78 is 56.2. The largest absolute Gasteiger partial charge is 0.573 e. The predicted molar refractivity (Wildman–Crippen MR) is 46.8 cm³/mol. The van der Waals surface area contributed by atoms with Gasteiger partial charge in [-0.2, -0.15) is 4.39 Å². The van der Waals surface area contributed by atoms with Gasteiger partial charge in [-0.15, -0.1) is 13.2 Å². The SMILES string of the molecule is CCOC(=O)c1ccc(OC(F)(F)F)c(F)n1. The Hall–Kier alpha value is -1.86. The molecule has 8 heteroatoms. The van der Waals surface area contributed by atoms with E-state index in [4.69, 9.17) is 0 Å². The summed E-state index contributed by atoms with van der Waals surface area (Å²) in [5.74, 6) is -3.57. The van der Waals surface area contributed by atoms with Crippen molar-refractivity contribution >= 4 is 5.97 Å². The van der Waals surface area contributed by atoms with E-state index in [0.29, 0.717) is 6.07 Å². The second-order valence-corrected chi connectivity index (χ2v) is 2.75. The van der Waals surface area contributed by atoms with Crippen LogP contribution in [0.4, 0.5) is 17.6 Å². The number of carbonyl (C=O) groups excluding carboxylic acids is 1. The lowest BCUT2D eigenvalue weighted by Gasteiger charge is -2.09. The molecule has 0 aliphatic carbocycles. The molecule has 1 rings (SSSR count). The summed E-state index contributed by atoms with van der Waals surface area (Å²) in [6.45, 7) is 1.57. The third-order valence-electron chi connectivity index (χ3n) is 1.52. The molecule has 0 bridgehead atoms. The fraction of sp³-hybridized carbons (Fsp3) is 0.333. The molecule has 1 aromatic heterocycles. The Morgan fingerprint density at radius 2 is 2.06 bits per heavy atom. The van der Waals surface area contributed by atoms with Crippen LogP contribution in [0, 0.1) is 5.95 Å². The van der Waals surface area contributed by atoms with Crippen LogP contribution >= 0.6 is 0 Å². The number of halogens is 4. The Bertz CT molecular complexity index is 419. The van der Waals surface area contributed by atoms with Crippen LogP contribution in [0.15, 0.2) is 12.1 Å². The topological polar surface area (TPSA) is 48.4 Å². The molecule has 0 amide bonds. The number of alkyl halides is 3. The number of nitrogens with zero attached hydrogens (tertiary/aromatic N) is 1. The second-order valence-electron chi connectivity index (χ2n) is 2.75. The van der Waals surface area contributed by atoms with Crippen molar-refractivity contribution in [3.63, 3.8) is 0 Å². The van der Waals surface area contributed by atoms with Crippen molar-refractivity contribution in [2.75, 3.05) is 6.61 Å². The quantitative estimate of drug-likeness (QED) is 0.471. The van der Waals surface area contributed by atoms with Crippen LogP contribution in [0.2, 0.25) is 0 Å². The number of ether oxygens (including phenoxy) is 2. The number of aromatic nitrogens is 1. The number of hydrogen-bond acceptors (Lipinski definition) is 4. The first-order valence-electron chi connectivity index (χ1n) is 4.43. The fourth-order valence-corrected chi connectivity index (χ4v) is 0.941. The average Bonchev–Trinajstić information content (AvgIpc) is 2.19. The molecule has 94 valence electrons. The van der Waals surface area contributed by atoms with Gasteiger partial charge in [0.25, 0.3) is 5.95 Å². The van der Waals surface area contributed by atoms with E-state index in [1.165, 1.54) is 6.92 Å². The molecule has 0 radical (unpaired) electrons. The van der Waals surface area contributed by atoms with E-state index in [-0.39, 0.29) is 6.61 Å². The Labute approximate surface area is 93.2 Å². The first kappa shape index (κ1) is 13.2. The van der Waals surface area contributed by atoms with E-state index in [9.17, 15) is 22.4 Å². The zero-order valence-corrected chi connectivity index (χ0v) is 8.55. The summed E-state index contributed by atoms with van der Waals surface area (Å²) in [5, 5.41) is 0. The van der Waals surface area contributed by atoms with E-state index in [0.717, 1.165) is 6.07 Å². The maximum Gasteiger partial charge on any atom is 0.573 e. The number of hydrogen-bond donors (Lipinski definition) is 0. The minimum absolute atomic E-state index is 0.0446. The third kappa shape index (κ3) is 3.89. The molecule has 0 saturated carbocycles. The summed E-state index contributed by atoms with van der Waals surface area (Å²) in [5.41, 5.74) is -0.432. The number of pyridine rings is 1. The Morgan fingerprint density at radius 3 is 2.53 bits per heavy atom. The standard InChI is InChI=1S/C9H7F4NO3/c1-2-16-8(15)5-3-4-6(7(10)14-5)17-9(11,12)13/h3-4H,2H2,1H3. The summed E-state index contributed by atoms with van der Waals surface area (Å²) in [6.07, 6.45) is -5.02. The molecule has 0 N–H and O–H groups in total. The fourth-order valence-electron chi connectivity index (χ4n) is 0.941. The highest BCUT2D eigenvalue weighted by molar-refractivity contribution is 5.87. The van der Waals surface area contributed by atoms with Crippen LogP contribution in [-0.4, -0.2) is 23.9 Å². The van der Waals surface area contributed by atoms with Gasteiger partial charge in [-0.1, -0.05) is 0 Å². The van der Waals surface area contributed by atoms with Crippen molar-refractivity contribution in [2.24, 2.45) is 0 Å². The van der Waals surface area contributed by atoms with Gasteiger partial charge in [-0.05, 0) is 19.1 Å². The number of rotatable bonds is 3. The maximum atomic E-state index is 13.0. The van der Waals surface area contributed by atoms with Crippen molar-refractivity contribution in [2.45, 2.75) is 13.3 Å². The van der Waals surface area contributed by atoms with Gasteiger partial charge in [0.2, 0.25) is 0 Å². The molecule has 1 aromatic rings. The summed E-state index contributed by atoms with van der Waals surface area (Å²) in [7, 11) is 0. The summed E-state index contributed by atoms with van der Waals surface area (Å²) >= 11 is 0. The maximum absolute atomic E-state index is 13.0. The van der Waals surface area contributed by atoms with Gasteiger partial charge in [0, 0.05) is 0 Å². The lowest BCUT2D eigenvalue weighted by Crippen LogP contribution is -2.19. The molecule has 1 heterocycles. The van der Waals surface area contributed by atoms with Gasteiger partial charge in [-0.25, -0.2) is 9.78 Å². The second kappa shape index (κ2) is 4.98. The first-order chi connectivity index (χ1) is 7.83. The van der Waals surface area contributed by atoms with Crippen LogP contribution < -0.4 is 4.74 Å². The highest BCUT2D eigenvalue weighted by Gasteiger charge is 2.33. The van der Waals surface area contributed by atoms with Gasteiger partial charge in [0.05, 0.1) is 6.61 Å². The van der Waals surface area contributed by atoms with E-state index in [2.05, 4.69) is 14.5 Å². The van der Waals surface area contributed by atoms with E-state index in [1.54, 1.807) is 0 Å². The molecule has 0 atom stereocenters. The van der Waals surface area contributed by atoms with Crippen LogP contribution in [0.5, 0.6) is 5.75 Å². The van der Waals surface area contributed by atoms with Crippen molar-refractivity contribution in [1.82, 2.24) is 4.98 Å². The molecule has 4 nitrogen and oxygen atoms in total. The zero-order valence-electron chi connectivity index (χ0n) is 8.55. The molecule has 0 fully saturated rings. The van der Waals surface area contributed by atoms with Crippen LogP contribution in [0.3, 0.4) is 0 Å². The lowest BCUT2D eigenvalue weighted by molar-refractivity contribution is -0.275. The van der Waals surface area contributed by atoms with Crippen LogP contribution in [0.1, 0.15) is 17.4 Å². The van der Waals surface area contributed by atoms with Crippen molar-refractivity contribution in [3.05, 3.63) is 23.8 Å². The normalized spacial score (nSPS) is 11.1. The van der Waals surface area contributed by atoms with Gasteiger partial charge < -0.3 is 9.47 Å². The van der Waals surface area contributed by atoms with Crippen molar-refractivity contribution in [3.8, 4) is 5.75 Å². The molecule has 0 saturated heterocycles. The molecule has 17 heavy (non-hydrogen) atoms. The van der Waals surface area contributed by atoms with Gasteiger partial charge in [-0.3, -0.25) is 0 Å². The number of esters is 1. The first-order valence-corrected chi connectivity index (χ1v) is 4.43. The molecular formula is C9H7F4NO3. The molecule has 0 spiro atoms. The van der Waals surface area contributed by atoms with Crippen LogP contribution in [-0.2, 0) is 4.74 Å². The monoisotopic (exact) mass is 253 g/mol. The zero-order chi connectivity index (χ0) is 13.1. The molecular weight excluding hydrogens is 246 g/mol. The molecule has 0 aliphatic rings. The van der Waals surface area contributed by atoms with Gasteiger partial charge in [0.15, 0.2) is 11.4 Å². The van der Waals surface area contributed by atoms with Gasteiger partial charge in [0.1, 0.15) is 0 Å². The van der Waals surface area contributed by atoms with Gasteiger partial charge >= 0.3 is 12.3 Å². The highest BCUT2D eigenvalue weighted by Crippen LogP contribution is 2.24. The van der Waals surface area contributed by atoms with E-state index >= 15 is 0 Å². The van der Waals surface area contributed by atoms with E-state index in [1.807, 2.05) is 0 Å². The summed E-state index contributed by atoms with van der Waals surface area (Å²) in [6, 6.07) is 1.53. The van der Waals surface area contributed by atoms with Crippen molar-refractivity contribution in [1.29, 1.82) is 0 Å². The molecule has 0 aromatic carbocycles. The third-order valence-corrected chi connectivity index (χ3v) is 1.52. The smallest absolute Gasteiger partial charge is 0.461 e. The van der Waals surface area contributed by atoms with Crippen LogP contribution in [0.25, 0.3) is 0 Å². The summed E-state index contributed by atoms with van der Waals surface area (Å²) in [4.78, 5) is 14.1. The average molecular weight is 253 g/mol. The Balaban J connectivity index is 2.90. The Kier molecular flexibility index (Phi) is 3.87. The Morgan fingerprint density at radius 1 is 1.41 bits per heavy atom. The number of carbonyl (C=O) groups is 1. The van der Waals surface area contributed by atoms with Crippen molar-refractivity contribution < 1.29 is 31.8 Å². The molecule has 0 unspecified atom stereocenters. The minimum Gasteiger partial charge on any atom is -0.461 e.